The maximum Gasteiger partial charge on any atom is 0.323 e. The van der Waals surface area contributed by atoms with Crippen LogP contribution in [0.3, 0.4) is 0 Å². The highest BCUT2D eigenvalue weighted by Gasteiger charge is 2.40. The molecule has 1 unspecified atom stereocenters. The average molecular weight is 171 g/mol. The molecule has 0 amide bonds. The molecule has 1 aliphatic rings. The smallest absolute Gasteiger partial charge is 0.323 e. The van der Waals surface area contributed by atoms with Crippen molar-refractivity contribution >= 4 is 5.97 Å². The maximum absolute atomic E-state index is 11.0. The molecule has 0 heterocycles. The molecule has 0 spiro atoms. The zero-order chi connectivity index (χ0) is 9.35. The lowest BCUT2D eigenvalue weighted by Gasteiger charge is -2.30. The molecule has 0 aromatic rings. The molecule has 0 radical (unpaired) electrons. The molecule has 1 aliphatic carbocycles. The van der Waals surface area contributed by atoms with E-state index in [2.05, 4.69) is 5.32 Å². The minimum atomic E-state index is -0.749. The van der Waals surface area contributed by atoms with Gasteiger partial charge in [0.1, 0.15) is 5.54 Å². The van der Waals surface area contributed by atoms with Gasteiger partial charge in [-0.3, -0.25) is 10.1 Å². The number of hydrogen-bond donors (Lipinski definition) is 2. The van der Waals surface area contributed by atoms with Gasteiger partial charge in [-0.1, -0.05) is 13.8 Å². The second-order valence-corrected chi connectivity index (χ2v) is 4.08. The zero-order valence-electron chi connectivity index (χ0n) is 7.92. The molecular formula is C9H17NO2. The first-order valence-electron chi connectivity index (χ1n) is 4.48. The van der Waals surface area contributed by atoms with Crippen molar-refractivity contribution in [3.05, 3.63) is 0 Å². The van der Waals surface area contributed by atoms with Crippen LogP contribution >= 0.6 is 0 Å². The molecule has 12 heavy (non-hydrogen) atoms. The fourth-order valence-corrected chi connectivity index (χ4v) is 1.13. The molecule has 1 atom stereocenters. The SMILES string of the molecule is CC(C)C(C)(NC1CC1)C(=O)O. The molecule has 1 fully saturated rings. The van der Waals surface area contributed by atoms with E-state index in [1.54, 1.807) is 6.92 Å². The highest BCUT2D eigenvalue weighted by molar-refractivity contribution is 5.78. The van der Waals surface area contributed by atoms with Crippen LogP contribution in [0.25, 0.3) is 0 Å². The van der Waals surface area contributed by atoms with E-state index in [4.69, 9.17) is 5.11 Å². The standard InChI is InChI=1S/C9H17NO2/c1-6(2)9(3,8(11)12)10-7-4-5-7/h6-7,10H,4-5H2,1-3H3,(H,11,12). The van der Waals surface area contributed by atoms with Crippen LogP contribution in [0.4, 0.5) is 0 Å². The van der Waals surface area contributed by atoms with Crippen LogP contribution < -0.4 is 5.32 Å². The van der Waals surface area contributed by atoms with Crippen LogP contribution in [-0.4, -0.2) is 22.7 Å². The molecule has 1 rings (SSSR count). The highest BCUT2D eigenvalue weighted by Crippen LogP contribution is 2.26. The van der Waals surface area contributed by atoms with Gasteiger partial charge in [0.15, 0.2) is 0 Å². The lowest BCUT2D eigenvalue weighted by atomic mass is 9.88. The second-order valence-electron chi connectivity index (χ2n) is 4.08. The quantitative estimate of drug-likeness (QED) is 0.669. The molecule has 0 aliphatic heterocycles. The van der Waals surface area contributed by atoms with Gasteiger partial charge in [-0.05, 0) is 25.7 Å². The van der Waals surface area contributed by atoms with E-state index >= 15 is 0 Å². The molecule has 0 saturated heterocycles. The Balaban J connectivity index is 2.62. The number of aliphatic carboxylic acids is 1. The Morgan fingerprint density at radius 3 is 2.33 bits per heavy atom. The van der Waals surface area contributed by atoms with Crippen LogP contribution in [-0.2, 0) is 4.79 Å². The molecule has 0 aromatic carbocycles. The van der Waals surface area contributed by atoms with Gasteiger partial charge in [-0.15, -0.1) is 0 Å². The summed E-state index contributed by atoms with van der Waals surface area (Å²) in [6.45, 7) is 5.63. The molecular weight excluding hydrogens is 154 g/mol. The van der Waals surface area contributed by atoms with E-state index in [9.17, 15) is 4.79 Å². The Kier molecular flexibility index (Phi) is 2.42. The fourth-order valence-electron chi connectivity index (χ4n) is 1.13. The number of rotatable bonds is 4. The number of carboxylic acids is 1. The molecule has 0 aromatic heterocycles. The Hall–Kier alpha value is -0.570. The lowest BCUT2D eigenvalue weighted by molar-refractivity contribution is -0.146. The van der Waals surface area contributed by atoms with Crippen molar-refractivity contribution in [1.29, 1.82) is 0 Å². The van der Waals surface area contributed by atoms with Gasteiger partial charge >= 0.3 is 5.97 Å². The summed E-state index contributed by atoms with van der Waals surface area (Å²) in [5, 5.41) is 12.2. The first-order valence-corrected chi connectivity index (χ1v) is 4.48. The summed E-state index contributed by atoms with van der Waals surface area (Å²) in [4.78, 5) is 11.0. The number of carboxylic acid groups (broad SMARTS) is 1. The summed E-state index contributed by atoms with van der Waals surface area (Å²) in [6, 6.07) is 0.438. The summed E-state index contributed by atoms with van der Waals surface area (Å²) in [6.07, 6.45) is 2.24. The van der Waals surface area contributed by atoms with Gasteiger partial charge in [-0.25, -0.2) is 0 Å². The molecule has 3 heteroatoms. The Labute approximate surface area is 73.2 Å². The number of nitrogens with one attached hydrogen (secondary N) is 1. The lowest BCUT2D eigenvalue weighted by Crippen LogP contribution is -2.54. The highest BCUT2D eigenvalue weighted by atomic mass is 16.4. The Bertz CT molecular complexity index is 187. The molecule has 2 N–H and O–H groups in total. The first kappa shape index (κ1) is 9.52. The molecule has 0 bridgehead atoms. The topological polar surface area (TPSA) is 49.3 Å². The van der Waals surface area contributed by atoms with Crippen molar-refractivity contribution in [2.75, 3.05) is 0 Å². The third-order valence-electron chi connectivity index (χ3n) is 2.68. The van der Waals surface area contributed by atoms with Crippen LogP contribution in [0.15, 0.2) is 0 Å². The second kappa shape index (κ2) is 3.05. The van der Waals surface area contributed by atoms with E-state index in [0.29, 0.717) is 6.04 Å². The van der Waals surface area contributed by atoms with Gasteiger partial charge in [0.2, 0.25) is 0 Å². The van der Waals surface area contributed by atoms with Crippen molar-refractivity contribution in [1.82, 2.24) is 5.32 Å². The van der Waals surface area contributed by atoms with E-state index in [1.165, 1.54) is 0 Å². The number of carbonyl (C=O) groups is 1. The third-order valence-corrected chi connectivity index (χ3v) is 2.68. The molecule has 3 nitrogen and oxygen atoms in total. The maximum atomic E-state index is 11.0. The third kappa shape index (κ3) is 1.78. The Morgan fingerprint density at radius 1 is 1.58 bits per heavy atom. The van der Waals surface area contributed by atoms with Gasteiger partial charge in [0.05, 0.1) is 0 Å². The normalized spacial score (nSPS) is 22.3. The zero-order valence-corrected chi connectivity index (χ0v) is 7.92. The van der Waals surface area contributed by atoms with Crippen molar-refractivity contribution < 1.29 is 9.90 Å². The Morgan fingerprint density at radius 2 is 2.08 bits per heavy atom. The van der Waals surface area contributed by atoms with E-state index < -0.39 is 11.5 Å². The minimum absolute atomic E-state index is 0.121. The van der Waals surface area contributed by atoms with Crippen LogP contribution in [0.1, 0.15) is 33.6 Å². The summed E-state index contributed by atoms with van der Waals surface area (Å²) in [5.74, 6) is -0.625. The summed E-state index contributed by atoms with van der Waals surface area (Å²) in [5.41, 5.74) is -0.749. The summed E-state index contributed by atoms with van der Waals surface area (Å²) >= 11 is 0. The fraction of sp³-hybridized carbons (Fsp3) is 0.889. The van der Waals surface area contributed by atoms with Gasteiger partial charge in [0.25, 0.3) is 0 Å². The van der Waals surface area contributed by atoms with Crippen LogP contribution in [0.2, 0.25) is 0 Å². The predicted molar refractivity (Wildman–Crippen MR) is 47.0 cm³/mol. The van der Waals surface area contributed by atoms with Gasteiger partial charge in [0, 0.05) is 6.04 Å². The van der Waals surface area contributed by atoms with Gasteiger partial charge in [-0.2, -0.15) is 0 Å². The van der Waals surface area contributed by atoms with Crippen LogP contribution in [0, 0.1) is 5.92 Å². The molecule has 1 saturated carbocycles. The summed E-state index contributed by atoms with van der Waals surface area (Å²) < 4.78 is 0. The van der Waals surface area contributed by atoms with Crippen molar-refractivity contribution in [2.24, 2.45) is 5.92 Å². The number of hydrogen-bond acceptors (Lipinski definition) is 2. The predicted octanol–water partition coefficient (Wildman–Crippen LogP) is 1.24. The van der Waals surface area contributed by atoms with Crippen molar-refractivity contribution in [3.63, 3.8) is 0 Å². The largest absolute Gasteiger partial charge is 0.480 e. The van der Waals surface area contributed by atoms with E-state index in [0.717, 1.165) is 12.8 Å². The summed E-state index contributed by atoms with van der Waals surface area (Å²) in [7, 11) is 0. The monoisotopic (exact) mass is 171 g/mol. The van der Waals surface area contributed by atoms with Crippen molar-refractivity contribution in [3.8, 4) is 0 Å². The minimum Gasteiger partial charge on any atom is -0.480 e. The molecule has 70 valence electrons. The van der Waals surface area contributed by atoms with Crippen molar-refractivity contribution in [2.45, 2.75) is 45.2 Å². The van der Waals surface area contributed by atoms with E-state index in [1.807, 2.05) is 13.8 Å². The first-order chi connectivity index (χ1) is 5.47. The van der Waals surface area contributed by atoms with Crippen LogP contribution in [0.5, 0.6) is 0 Å². The van der Waals surface area contributed by atoms with Gasteiger partial charge < -0.3 is 5.11 Å². The average Bonchev–Trinajstić information content (AvgIpc) is 2.70. The van der Waals surface area contributed by atoms with E-state index in [-0.39, 0.29) is 5.92 Å².